The highest BCUT2D eigenvalue weighted by molar-refractivity contribution is 7.30. The molecule has 38 heavy (non-hydrogen) atoms. The van der Waals surface area contributed by atoms with E-state index in [0.29, 0.717) is 0 Å². The van der Waals surface area contributed by atoms with Gasteiger partial charge in [0.15, 0.2) is 23.2 Å². The van der Waals surface area contributed by atoms with E-state index in [0.717, 1.165) is 5.56 Å². The van der Waals surface area contributed by atoms with Crippen LogP contribution >= 0.6 is 35.9 Å². The van der Waals surface area contributed by atoms with Crippen LogP contribution in [-0.4, -0.2) is 92.0 Å². The summed E-state index contributed by atoms with van der Waals surface area (Å²) in [6, 6.07) is 9.18. The van der Waals surface area contributed by atoms with Crippen molar-refractivity contribution in [2.45, 2.75) is 48.6 Å². The van der Waals surface area contributed by atoms with Crippen LogP contribution < -0.4 is 0 Å². The van der Waals surface area contributed by atoms with Gasteiger partial charge in [-0.2, -0.15) is 0 Å². The Bertz CT molecular complexity index is 844. The maximum atomic E-state index is 12.6. The Balaban J connectivity index is 2.03. The number of ether oxygens (including phenoxy) is 4. The van der Waals surface area contributed by atoms with Crippen LogP contribution in [0.5, 0.6) is 0 Å². The Kier molecular flexibility index (Phi) is 16.2. The average Bonchev–Trinajstić information content (AvgIpc) is 2.94. The number of hydrogen-bond acceptors (Lipinski definition) is 12. The zero-order chi connectivity index (χ0) is 28.0. The van der Waals surface area contributed by atoms with Gasteiger partial charge in [-0.1, -0.05) is 30.3 Å². The van der Waals surface area contributed by atoms with Crippen LogP contribution in [-0.2, 0) is 61.6 Å². The van der Waals surface area contributed by atoms with Crippen molar-refractivity contribution in [3.63, 3.8) is 0 Å². The van der Waals surface area contributed by atoms with Gasteiger partial charge < -0.3 is 41.3 Å². The van der Waals surface area contributed by atoms with E-state index in [9.17, 15) is 13.9 Å². The molecule has 1 aliphatic rings. The molecule has 1 aromatic carbocycles. The SMILES string of the molecule is CO[Si](CC(OCCOC1OC(COP)C(OP)C(P=O)C1P=O)OC(=O)Cc1ccccc1)(OC)OC. The Morgan fingerprint density at radius 1 is 1.03 bits per heavy atom. The van der Waals surface area contributed by atoms with Gasteiger partial charge in [-0.3, -0.25) is 13.9 Å². The maximum Gasteiger partial charge on any atom is 0.506 e. The Morgan fingerprint density at radius 3 is 2.24 bits per heavy atom. The zero-order valence-corrected chi connectivity index (χ0v) is 26.4. The lowest BCUT2D eigenvalue weighted by Gasteiger charge is -2.40. The van der Waals surface area contributed by atoms with Gasteiger partial charge in [0.05, 0.1) is 37.9 Å². The van der Waals surface area contributed by atoms with Crippen LogP contribution in [0.1, 0.15) is 5.56 Å². The normalized spacial score (nSPS) is 24.9. The first-order valence-corrected chi connectivity index (χ1v) is 16.1. The number of rotatable bonds is 18. The van der Waals surface area contributed by atoms with Crippen LogP contribution in [0.4, 0.5) is 0 Å². The second kappa shape index (κ2) is 18.2. The molecule has 0 N–H and O–H groups in total. The van der Waals surface area contributed by atoms with Crippen molar-refractivity contribution in [2.24, 2.45) is 0 Å². The lowest BCUT2D eigenvalue weighted by molar-refractivity contribution is -0.226. The quantitative estimate of drug-likeness (QED) is 0.0776. The molecule has 8 unspecified atom stereocenters. The molecule has 8 atom stereocenters. The van der Waals surface area contributed by atoms with Crippen molar-refractivity contribution in [1.29, 1.82) is 0 Å². The molecule has 2 rings (SSSR count). The number of esters is 1. The van der Waals surface area contributed by atoms with Crippen LogP contribution in [0.3, 0.4) is 0 Å². The van der Waals surface area contributed by atoms with Crippen molar-refractivity contribution in [1.82, 2.24) is 0 Å². The summed E-state index contributed by atoms with van der Waals surface area (Å²) >= 11 is 0. The standard InChI is InChI=1S/C21H34O12P4Si/c1-25-38(26-2,27-3)13-17(32-16(22)11-14-7-5-4-6-8-14)28-9-10-29-21-20(37-24)19(36-23)18(33-35)15(31-21)12-30-34/h4-8,15,17-21H,9-13,34-35H2,1-3H3. The molecular weight excluding hydrogens is 596 g/mol. The fourth-order valence-corrected chi connectivity index (χ4v) is 7.61. The van der Waals surface area contributed by atoms with E-state index in [1.54, 1.807) is 0 Å². The predicted octanol–water partition coefficient (Wildman–Crippen LogP) is 3.04. The van der Waals surface area contributed by atoms with Crippen LogP contribution in [0.25, 0.3) is 0 Å². The van der Waals surface area contributed by atoms with E-state index < -0.39 is 50.9 Å². The van der Waals surface area contributed by atoms with Crippen molar-refractivity contribution < 1.29 is 55.2 Å². The van der Waals surface area contributed by atoms with Gasteiger partial charge in [0, 0.05) is 40.3 Å². The van der Waals surface area contributed by atoms with Gasteiger partial charge in [-0.05, 0) is 5.56 Å². The van der Waals surface area contributed by atoms with Crippen molar-refractivity contribution in [3.05, 3.63) is 35.9 Å². The summed E-state index contributed by atoms with van der Waals surface area (Å²) in [7, 11) is 4.79. The minimum Gasteiger partial charge on any atom is -0.436 e. The van der Waals surface area contributed by atoms with E-state index in [1.165, 1.54) is 21.3 Å². The zero-order valence-electron chi connectivity index (χ0n) is 21.3. The van der Waals surface area contributed by atoms with Crippen molar-refractivity contribution >= 4 is 50.6 Å². The van der Waals surface area contributed by atoms with E-state index in [2.05, 4.69) is 18.9 Å². The Morgan fingerprint density at radius 2 is 1.68 bits per heavy atom. The first-order valence-electron chi connectivity index (χ1n) is 11.5. The summed E-state index contributed by atoms with van der Waals surface area (Å²) in [5, 5.41) is 0. The third-order valence-corrected chi connectivity index (χ3v) is 10.9. The number of hydrogen-bond donors (Lipinski definition) is 0. The highest BCUT2D eigenvalue weighted by Gasteiger charge is 2.48. The van der Waals surface area contributed by atoms with Gasteiger partial charge in [-0.25, -0.2) is 0 Å². The molecule has 17 heteroatoms. The summed E-state index contributed by atoms with van der Waals surface area (Å²) in [6.07, 6.45) is -3.25. The second-order valence-electron chi connectivity index (χ2n) is 7.99. The van der Waals surface area contributed by atoms with Gasteiger partial charge in [-0.15, -0.1) is 0 Å². The lowest BCUT2D eigenvalue weighted by Crippen LogP contribution is -2.55. The van der Waals surface area contributed by atoms with E-state index >= 15 is 0 Å². The summed E-state index contributed by atoms with van der Waals surface area (Å²) in [4.78, 5) is 12.6. The van der Waals surface area contributed by atoms with E-state index in [1.807, 2.05) is 30.3 Å². The van der Waals surface area contributed by atoms with E-state index in [-0.39, 0.29) is 49.2 Å². The Labute approximate surface area is 231 Å². The van der Waals surface area contributed by atoms with Gasteiger partial charge in [0.25, 0.3) is 0 Å². The molecule has 0 aromatic heterocycles. The Hall–Kier alpha value is -0.353. The summed E-state index contributed by atoms with van der Waals surface area (Å²) < 4.78 is 73.7. The third kappa shape index (κ3) is 9.93. The first-order chi connectivity index (χ1) is 18.4. The fraction of sp³-hybridized carbons (Fsp3) is 0.667. The molecule has 214 valence electrons. The first kappa shape index (κ1) is 33.9. The van der Waals surface area contributed by atoms with Gasteiger partial charge in [0.2, 0.25) is 6.29 Å². The molecule has 1 heterocycles. The monoisotopic (exact) mass is 630 g/mol. The predicted molar refractivity (Wildman–Crippen MR) is 145 cm³/mol. The molecular formula is C21H34O12P4Si. The number of carbonyl (C=O) groups excluding carboxylic acids is 1. The molecule has 0 radical (unpaired) electrons. The van der Waals surface area contributed by atoms with Crippen molar-refractivity contribution in [3.8, 4) is 0 Å². The largest absolute Gasteiger partial charge is 0.506 e. The molecule has 1 saturated heterocycles. The van der Waals surface area contributed by atoms with Crippen LogP contribution in [0.15, 0.2) is 30.3 Å². The molecule has 0 spiro atoms. The molecule has 0 bridgehead atoms. The second-order valence-corrected chi connectivity index (χ2v) is 13.2. The highest BCUT2D eigenvalue weighted by atomic mass is 31.1. The van der Waals surface area contributed by atoms with Gasteiger partial charge in [0.1, 0.15) is 17.9 Å². The van der Waals surface area contributed by atoms with Gasteiger partial charge >= 0.3 is 14.8 Å². The highest BCUT2D eigenvalue weighted by Crippen LogP contribution is 2.38. The smallest absolute Gasteiger partial charge is 0.436 e. The molecule has 12 nitrogen and oxygen atoms in total. The molecule has 0 saturated carbocycles. The molecule has 0 aliphatic carbocycles. The van der Waals surface area contributed by atoms with Crippen LogP contribution in [0, 0.1) is 0 Å². The number of carbonyl (C=O) groups is 1. The third-order valence-electron chi connectivity index (χ3n) is 5.77. The fourth-order valence-electron chi connectivity index (χ4n) is 3.81. The average molecular weight is 630 g/mol. The lowest BCUT2D eigenvalue weighted by atomic mass is 10.0. The van der Waals surface area contributed by atoms with Crippen LogP contribution in [0.2, 0.25) is 6.04 Å². The molecule has 0 amide bonds. The maximum absolute atomic E-state index is 12.6. The van der Waals surface area contributed by atoms with E-state index in [4.69, 9.17) is 41.3 Å². The molecule has 1 aliphatic heterocycles. The summed E-state index contributed by atoms with van der Waals surface area (Å²) in [5.74, 6) is -0.504. The summed E-state index contributed by atoms with van der Waals surface area (Å²) in [5.41, 5.74) is -0.648. The minimum atomic E-state index is -3.17. The topological polar surface area (TPSA) is 134 Å². The van der Waals surface area contributed by atoms with Crippen molar-refractivity contribution in [2.75, 3.05) is 41.2 Å². The molecule has 1 aromatic rings. The molecule has 1 fully saturated rings. The minimum absolute atomic E-state index is 0.0196. The summed E-state index contributed by atoms with van der Waals surface area (Å²) in [6.45, 7) is 0.0708. The number of benzene rings is 1.